The quantitative estimate of drug-likeness (QED) is 0.818. The molecular weight excluding hydrogens is 314 g/mol. The molecule has 0 amide bonds. The smallest absolute Gasteiger partial charge is 0.142 e. The van der Waals surface area contributed by atoms with Gasteiger partial charge in [-0.2, -0.15) is 0 Å². The van der Waals surface area contributed by atoms with Gasteiger partial charge >= 0.3 is 0 Å². The average molecular weight is 329 g/mol. The molecule has 0 spiro atoms. The van der Waals surface area contributed by atoms with Crippen molar-refractivity contribution in [3.8, 4) is 5.75 Å². The largest absolute Gasteiger partial charge is 0.493 e. The number of aliphatic hydroxyl groups is 1. The van der Waals surface area contributed by atoms with E-state index in [1.54, 1.807) is 31.2 Å². The van der Waals surface area contributed by atoms with Crippen molar-refractivity contribution in [2.75, 3.05) is 6.61 Å². The summed E-state index contributed by atoms with van der Waals surface area (Å²) in [5.74, 6) is -0.110. The summed E-state index contributed by atoms with van der Waals surface area (Å²) in [5.41, 5.74) is -0.762. The fourth-order valence-electron chi connectivity index (χ4n) is 2.19. The Labute approximate surface area is 133 Å². The summed E-state index contributed by atoms with van der Waals surface area (Å²) in [7, 11) is 0. The van der Waals surface area contributed by atoms with Crippen molar-refractivity contribution < 1.29 is 14.2 Å². The maximum Gasteiger partial charge on any atom is 0.142 e. The number of benzene rings is 2. The number of rotatable bonds is 4. The van der Waals surface area contributed by atoms with Gasteiger partial charge in [0, 0.05) is 16.1 Å². The van der Waals surface area contributed by atoms with E-state index < -0.39 is 11.4 Å². The summed E-state index contributed by atoms with van der Waals surface area (Å²) in [5, 5.41) is 11.0. The molecule has 5 heteroatoms. The highest BCUT2D eigenvalue weighted by molar-refractivity contribution is 6.35. The summed E-state index contributed by atoms with van der Waals surface area (Å²) >= 11 is 11.8. The molecule has 1 atom stereocenters. The van der Waals surface area contributed by atoms with Crippen LogP contribution in [-0.2, 0) is 5.60 Å². The van der Waals surface area contributed by atoms with Crippen molar-refractivity contribution in [2.45, 2.75) is 19.4 Å². The van der Waals surface area contributed by atoms with Crippen LogP contribution in [0.4, 0.5) is 4.39 Å². The topological polar surface area (TPSA) is 29.5 Å². The van der Waals surface area contributed by atoms with E-state index in [9.17, 15) is 9.50 Å². The zero-order chi connectivity index (χ0) is 15.6. The molecule has 0 fully saturated rings. The molecule has 0 heterocycles. The highest BCUT2D eigenvalue weighted by Crippen LogP contribution is 2.40. The normalized spacial score (nSPS) is 13.8. The molecule has 2 aromatic carbocycles. The van der Waals surface area contributed by atoms with Gasteiger partial charge in [-0.15, -0.1) is 0 Å². The van der Waals surface area contributed by atoms with E-state index in [1.807, 2.05) is 6.92 Å². The van der Waals surface area contributed by atoms with Crippen LogP contribution in [0.25, 0.3) is 0 Å². The standard InChI is InChI=1S/C16H15Cl2FO2/c1-3-21-15-7-5-4-6-10(15)16(2,20)11-8-14(19)13(18)9-12(11)17/h4-9,20H,3H2,1-2H3. The Balaban J connectivity index is 2.59. The zero-order valence-electron chi connectivity index (χ0n) is 11.7. The van der Waals surface area contributed by atoms with Gasteiger partial charge in [-0.3, -0.25) is 0 Å². The lowest BCUT2D eigenvalue weighted by Gasteiger charge is -2.27. The zero-order valence-corrected chi connectivity index (χ0v) is 13.2. The van der Waals surface area contributed by atoms with Crippen LogP contribution in [-0.4, -0.2) is 11.7 Å². The molecule has 21 heavy (non-hydrogen) atoms. The Bertz CT molecular complexity index is 657. The monoisotopic (exact) mass is 328 g/mol. The first-order valence-corrected chi connectivity index (χ1v) is 7.23. The molecule has 0 aliphatic rings. The lowest BCUT2D eigenvalue weighted by molar-refractivity contribution is 0.0978. The number of ether oxygens (including phenoxy) is 1. The maximum absolute atomic E-state index is 13.7. The molecule has 112 valence electrons. The Morgan fingerprint density at radius 2 is 1.81 bits per heavy atom. The van der Waals surface area contributed by atoms with Crippen molar-refractivity contribution in [2.24, 2.45) is 0 Å². The van der Waals surface area contributed by atoms with Crippen molar-refractivity contribution in [1.82, 2.24) is 0 Å². The Hall–Kier alpha value is -1.29. The van der Waals surface area contributed by atoms with E-state index in [2.05, 4.69) is 0 Å². The van der Waals surface area contributed by atoms with E-state index in [4.69, 9.17) is 27.9 Å². The second-order valence-corrected chi connectivity index (χ2v) is 5.56. The molecule has 2 nitrogen and oxygen atoms in total. The second-order valence-electron chi connectivity index (χ2n) is 4.75. The number of hydrogen-bond donors (Lipinski definition) is 1. The molecule has 1 N–H and O–H groups in total. The summed E-state index contributed by atoms with van der Waals surface area (Å²) in [4.78, 5) is 0. The van der Waals surface area contributed by atoms with Crippen LogP contribution in [0.15, 0.2) is 36.4 Å². The SMILES string of the molecule is CCOc1ccccc1C(C)(O)c1cc(F)c(Cl)cc1Cl. The van der Waals surface area contributed by atoms with Crippen molar-refractivity contribution in [1.29, 1.82) is 0 Å². The van der Waals surface area contributed by atoms with E-state index >= 15 is 0 Å². The first kappa shape index (κ1) is 16.1. The number of para-hydroxylation sites is 1. The Morgan fingerprint density at radius 1 is 1.14 bits per heavy atom. The third-order valence-corrected chi connectivity index (χ3v) is 3.85. The molecule has 2 aromatic rings. The lowest BCUT2D eigenvalue weighted by atomic mass is 9.87. The molecule has 0 aliphatic heterocycles. The average Bonchev–Trinajstić information content (AvgIpc) is 2.43. The molecule has 0 bridgehead atoms. The molecule has 2 rings (SSSR count). The fourth-order valence-corrected chi connectivity index (χ4v) is 2.76. The first-order chi connectivity index (χ1) is 9.87. The lowest BCUT2D eigenvalue weighted by Crippen LogP contribution is -2.24. The van der Waals surface area contributed by atoms with Gasteiger partial charge in [0.05, 0.1) is 11.6 Å². The predicted octanol–water partition coefficient (Wildman–Crippen LogP) is 4.79. The van der Waals surface area contributed by atoms with E-state index in [0.717, 1.165) is 6.07 Å². The maximum atomic E-state index is 13.7. The van der Waals surface area contributed by atoms with Crippen molar-refractivity contribution in [3.63, 3.8) is 0 Å². The van der Waals surface area contributed by atoms with Crippen LogP contribution in [0.5, 0.6) is 5.75 Å². The molecule has 0 saturated heterocycles. The van der Waals surface area contributed by atoms with Gasteiger partial charge in [0.15, 0.2) is 0 Å². The molecule has 0 aliphatic carbocycles. The fraction of sp³-hybridized carbons (Fsp3) is 0.250. The summed E-state index contributed by atoms with van der Waals surface area (Å²) in [6, 6.07) is 9.46. The minimum absolute atomic E-state index is 0.0855. The van der Waals surface area contributed by atoms with Crippen LogP contribution in [0.2, 0.25) is 10.0 Å². The molecule has 1 unspecified atom stereocenters. The van der Waals surface area contributed by atoms with Crippen molar-refractivity contribution in [3.05, 3.63) is 63.4 Å². The van der Waals surface area contributed by atoms with Gasteiger partial charge in [0.1, 0.15) is 17.2 Å². The number of hydrogen-bond acceptors (Lipinski definition) is 2. The van der Waals surface area contributed by atoms with Crippen molar-refractivity contribution >= 4 is 23.2 Å². The third kappa shape index (κ3) is 3.15. The van der Waals surface area contributed by atoms with Crippen LogP contribution in [0.1, 0.15) is 25.0 Å². The highest BCUT2D eigenvalue weighted by atomic mass is 35.5. The summed E-state index contributed by atoms with van der Waals surface area (Å²) in [6.07, 6.45) is 0. The van der Waals surface area contributed by atoms with Gasteiger partial charge in [0.2, 0.25) is 0 Å². The molecule has 0 radical (unpaired) electrons. The first-order valence-electron chi connectivity index (χ1n) is 6.47. The number of halogens is 3. The molecule has 0 aromatic heterocycles. The van der Waals surface area contributed by atoms with E-state index in [0.29, 0.717) is 17.9 Å². The molecular formula is C16H15Cl2FO2. The van der Waals surface area contributed by atoms with Crippen LogP contribution in [0.3, 0.4) is 0 Å². The van der Waals surface area contributed by atoms with Crippen LogP contribution >= 0.6 is 23.2 Å². The Kier molecular flexibility index (Phi) is 4.77. The van der Waals surface area contributed by atoms with Gasteiger partial charge in [0.25, 0.3) is 0 Å². The third-order valence-electron chi connectivity index (χ3n) is 3.25. The van der Waals surface area contributed by atoms with E-state index in [1.165, 1.54) is 6.07 Å². The van der Waals surface area contributed by atoms with Gasteiger partial charge in [-0.05, 0) is 32.0 Å². The Morgan fingerprint density at radius 3 is 2.48 bits per heavy atom. The van der Waals surface area contributed by atoms with Crippen LogP contribution < -0.4 is 4.74 Å². The van der Waals surface area contributed by atoms with Gasteiger partial charge in [-0.25, -0.2) is 4.39 Å². The predicted molar refractivity (Wildman–Crippen MR) is 82.7 cm³/mol. The summed E-state index contributed by atoms with van der Waals surface area (Å²) < 4.78 is 19.2. The van der Waals surface area contributed by atoms with Crippen LogP contribution in [0, 0.1) is 5.82 Å². The minimum Gasteiger partial charge on any atom is -0.493 e. The van der Waals surface area contributed by atoms with Gasteiger partial charge < -0.3 is 9.84 Å². The minimum atomic E-state index is -1.51. The van der Waals surface area contributed by atoms with Gasteiger partial charge in [-0.1, -0.05) is 41.4 Å². The molecule has 0 saturated carbocycles. The van der Waals surface area contributed by atoms with E-state index in [-0.39, 0.29) is 15.6 Å². The highest BCUT2D eigenvalue weighted by Gasteiger charge is 2.32. The summed E-state index contributed by atoms with van der Waals surface area (Å²) in [6.45, 7) is 3.84. The second kappa shape index (κ2) is 6.22.